The van der Waals surface area contributed by atoms with Gasteiger partial charge in [-0.2, -0.15) is 0 Å². The Hall–Kier alpha value is -8.14. The third-order valence-electron chi connectivity index (χ3n) is 23.0. The number of aryl methyl sites for hydroxylation is 1. The van der Waals surface area contributed by atoms with E-state index in [4.69, 9.17) is 70.2 Å². The van der Waals surface area contributed by atoms with Crippen LogP contribution in [0.15, 0.2) is 126 Å². The van der Waals surface area contributed by atoms with Crippen LogP contribution in [0.25, 0.3) is 0 Å². The zero-order valence-electron chi connectivity index (χ0n) is 75.5. The van der Waals surface area contributed by atoms with Crippen LogP contribution in [0.3, 0.4) is 0 Å². The number of benzene rings is 2. The van der Waals surface area contributed by atoms with E-state index in [0.717, 1.165) is 11.8 Å². The number of anilines is 5. The molecular weight excluding hydrogens is 1700 g/mol. The minimum absolute atomic E-state index is 0.0448. The van der Waals surface area contributed by atoms with E-state index in [9.17, 15) is 42.1 Å². The van der Waals surface area contributed by atoms with Gasteiger partial charge in [0.25, 0.3) is 20.0 Å². The predicted octanol–water partition coefficient (Wildman–Crippen LogP) is 7.89. The predicted molar refractivity (Wildman–Crippen MR) is 479 cm³/mol. The lowest BCUT2D eigenvalue weighted by Crippen LogP contribution is -2.41. The highest BCUT2D eigenvalue weighted by Gasteiger charge is 2.57. The molecule has 5 aromatic heterocycles. The Kier molecular flexibility index (Phi) is 29.7. The van der Waals surface area contributed by atoms with Gasteiger partial charge in [0, 0.05) is 58.3 Å². The maximum Gasteiger partial charge on any atom is 0.496 e. The summed E-state index contributed by atoms with van der Waals surface area (Å²) in [5.41, 5.74) is 0.344. The maximum absolute atomic E-state index is 12.8. The van der Waals surface area contributed by atoms with Gasteiger partial charge in [-0.1, -0.05) is 35.9 Å². The van der Waals surface area contributed by atoms with Crippen molar-refractivity contribution in [2.45, 2.75) is 236 Å². The molecule has 35 nitrogen and oxygen atoms in total. The third-order valence-corrected chi connectivity index (χ3v) is 29.5. The van der Waals surface area contributed by atoms with Crippen molar-refractivity contribution in [2.75, 3.05) is 71.2 Å². The van der Waals surface area contributed by atoms with E-state index < -0.39 is 142 Å². The fraction of sp³-hybridized carbons (Fsp3) is 0.532. The van der Waals surface area contributed by atoms with Gasteiger partial charge in [0.15, 0.2) is 0 Å². The molecule has 45 heteroatoms. The van der Waals surface area contributed by atoms with Crippen LogP contribution in [-0.2, 0) is 96.7 Å². The molecule has 0 bridgehead atoms. The van der Waals surface area contributed by atoms with Gasteiger partial charge in [-0.3, -0.25) is 23.6 Å². The fourth-order valence-electron chi connectivity index (χ4n) is 11.8. The van der Waals surface area contributed by atoms with Crippen LogP contribution in [0, 0.1) is 6.92 Å². The van der Waals surface area contributed by atoms with E-state index in [1.807, 2.05) is 145 Å². The van der Waals surface area contributed by atoms with Crippen molar-refractivity contribution in [3.63, 3.8) is 0 Å². The molecule has 6 aliphatic rings. The van der Waals surface area contributed by atoms with E-state index in [2.05, 4.69) is 48.5 Å². The van der Waals surface area contributed by atoms with Crippen molar-refractivity contribution in [2.24, 2.45) is 0 Å². The number of rotatable bonds is 24. The third kappa shape index (κ3) is 23.4. The molecule has 124 heavy (non-hydrogen) atoms. The molecular formula is C79H115B5N10O25S5. The fourth-order valence-corrected chi connectivity index (χ4v) is 16.5. The van der Waals surface area contributed by atoms with Crippen LogP contribution in [0.5, 0.6) is 29.4 Å². The summed E-state index contributed by atoms with van der Waals surface area (Å²) in [4.78, 5) is 21.2. The van der Waals surface area contributed by atoms with E-state index in [-0.39, 0.29) is 72.9 Å². The number of pyridine rings is 5. The number of nitrogens with one attached hydrogen (secondary N) is 5. The quantitative estimate of drug-likeness (QED) is 0.0359. The normalized spacial score (nSPS) is 19.6. The molecule has 0 atom stereocenters. The Morgan fingerprint density at radius 1 is 0.339 bits per heavy atom. The number of nitrogens with zero attached hydrogens (tertiary/aromatic N) is 5. The lowest BCUT2D eigenvalue weighted by molar-refractivity contribution is 0.00578. The lowest BCUT2D eigenvalue weighted by Gasteiger charge is -2.32. The van der Waals surface area contributed by atoms with Crippen molar-refractivity contribution in [3.8, 4) is 29.4 Å². The zero-order chi connectivity index (χ0) is 92.6. The molecule has 2 aromatic carbocycles. The molecule has 0 amide bonds. The summed E-state index contributed by atoms with van der Waals surface area (Å²) in [6, 6.07) is 22.8. The number of hydrogen-bond acceptors (Lipinski definition) is 30. The van der Waals surface area contributed by atoms with Gasteiger partial charge in [-0.25, -0.2) is 67.0 Å². The van der Waals surface area contributed by atoms with Crippen LogP contribution < -0.4 is 74.6 Å². The van der Waals surface area contributed by atoms with Crippen LogP contribution >= 0.6 is 0 Å². The average Bonchev–Trinajstić information content (AvgIpc) is 1.64. The largest absolute Gasteiger partial charge is 0.496 e. The van der Waals surface area contributed by atoms with Crippen molar-refractivity contribution in [1.29, 1.82) is 0 Å². The van der Waals surface area contributed by atoms with Crippen LogP contribution in [0.4, 0.5) is 28.4 Å². The first kappa shape index (κ1) is 99.6. The van der Waals surface area contributed by atoms with Gasteiger partial charge in [0.2, 0.25) is 59.5 Å². The van der Waals surface area contributed by atoms with E-state index in [1.165, 1.54) is 47.7 Å². The molecule has 6 fully saturated rings. The van der Waals surface area contributed by atoms with Crippen LogP contribution in [0.2, 0.25) is 0 Å². The van der Waals surface area contributed by atoms with Crippen molar-refractivity contribution in [3.05, 3.63) is 121 Å². The summed E-state index contributed by atoms with van der Waals surface area (Å²) in [5.74, 6) is 0.884. The molecule has 1 aliphatic carbocycles. The SMILES string of the molecule is CCS(=O)(=O)Nc1cc(B2OC(C)(C)C(C)(C)O2)cnc1OC.COc1ncc(B2OC(C)(C)C(C)(C)O2)cc1NS(=O)(=O)C1CC1.COc1ncc(B2OC(C)(C)C(C)(C)O2)cc1NS(=O)(=O)c1ccc(C)cc1.COc1ncc(B2OC(C)(C)C(C)(C)O2)cc1NS(=O)(=O)c1ccccc1.COc1ncc(B2OC(C)(C)C(C)(C)O2)cc1NS(C)(=O)=O. The number of ether oxygens (including phenoxy) is 5. The molecule has 5 N–H and O–H groups in total. The smallest absolute Gasteiger partial charge is 0.480 e. The monoisotopic (exact) mass is 1820 g/mol. The molecule has 0 unspecified atom stereocenters. The number of aromatic nitrogens is 5. The summed E-state index contributed by atoms with van der Waals surface area (Å²) in [7, 11) is -13.9. The Morgan fingerprint density at radius 2 is 0.565 bits per heavy atom. The second-order valence-corrected chi connectivity index (χ2v) is 44.2. The van der Waals surface area contributed by atoms with Gasteiger partial charge in [0.1, 0.15) is 28.4 Å². The molecule has 7 aromatic rings. The highest BCUT2D eigenvalue weighted by molar-refractivity contribution is 7.94. The van der Waals surface area contributed by atoms with E-state index in [1.54, 1.807) is 111 Å². The Bertz CT molecular complexity index is 5510. The number of sulfonamides is 5. The van der Waals surface area contributed by atoms with Gasteiger partial charge in [0.05, 0.1) is 119 Å². The summed E-state index contributed by atoms with van der Waals surface area (Å²) < 4.78 is 220. The highest BCUT2D eigenvalue weighted by atomic mass is 32.2. The molecule has 5 saturated heterocycles. The summed E-state index contributed by atoms with van der Waals surface area (Å²) in [6.07, 6.45) is 10.2. The van der Waals surface area contributed by atoms with Crippen molar-refractivity contribution >= 4 is 141 Å². The van der Waals surface area contributed by atoms with Gasteiger partial charge < -0.3 is 70.2 Å². The Morgan fingerprint density at radius 3 is 0.790 bits per heavy atom. The lowest BCUT2D eigenvalue weighted by atomic mass is 9.80. The molecule has 13 rings (SSSR count). The average molecular weight is 1820 g/mol. The first-order valence-corrected chi connectivity index (χ1v) is 47.7. The highest BCUT2D eigenvalue weighted by Crippen LogP contribution is 2.43. The summed E-state index contributed by atoms with van der Waals surface area (Å²) in [6.45, 7) is 42.4. The maximum atomic E-state index is 12.8. The first-order valence-electron chi connectivity index (χ1n) is 39.7. The number of methoxy groups -OCH3 is 5. The van der Waals surface area contributed by atoms with Crippen molar-refractivity contribution in [1.82, 2.24) is 24.9 Å². The first-order chi connectivity index (χ1) is 57.0. The Labute approximate surface area is 732 Å². The van der Waals surface area contributed by atoms with E-state index in [0.29, 0.717) is 45.8 Å². The molecule has 10 heterocycles. The van der Waals surface area contributed by atoms with Crippen LogP contribution in [0.1, 0.15) is 164 Å². The molecule has 676 valence electrons. The second-order valence-electron chi connectivity index (χ2n) is 35.1. The van der Waals surface area contributed by atoms with Crippen molar-refractivity contribution < 1.29 is 112 Å². The number of hydrogen-bond donors (Lipinski definition) is 5. The molecule has 1 saturated carbocycles. The second kappa shape index (κ2) is 36.9. The molecule has 0 spiro atoms. The van der Waals surface area contributed by atoms with E-state index >= 15 is 0 Å². The summed E-state index contributed by atoms with van der Waals surface area (Å²) in [5, 5.41) is -0.331. The standard InChI is InChI=1S/C19H25BN2O5S.C18H23BN2O5S.C15H23BN2O5S.C14H23BN2O5S.C13H21BN2O5S/c1-13-7-9-15(10-8-13)28(23,24)22-16-11-14(12-21-17(16)25-6)20-26-18(2,3)19(4,5)27-20;1-17(2)18(3,4)26-19(25-17)13-11-15(16(24-5)20-12-13)21-27(22,23)14-9-7-6-8-10-14;1-14(2)15(3,4)23-16(22-14)10-8-12(13(21-5)17-9-10)18-24(19,20)11-6-7-11;1-7-23(18,19)17-11-8-10(9-16-12(11)20-6)15-21-13(2,3)14(4,5)22-15;1-12(2)13(3,4)21-14(20-12)9-7-10(16-22(6,17)18)11(19-5)15-8-9/h7-12,22H,1-6H3;6-12,21H,1-5H3;8-9,11,18H,6-7H2,1-5H3;8-9,17H,7H2,1-6H3;7-8,16H,1-6H3. The Balaban J connectivity index is 0.000000176. The van der Waals surface area contributed by atoms with Gasteiger partial charge in [-0.05, 0) is 220 Å². The molecule has 5 aliphatic heterocycles. The minimum Gasteiger partial charge on any atom is -0.480 e. The minimum atomic E-state index is -3.80. The zero-order valence-corrected chi connectivity index (χ0v) is 79.6. The van der Waals surface area contributed by atoms with Crippen LogP contribution in [-0.4, -0.2) is 211 Å². The topological polar surface area (TPSA) is 434 Å². The molecule has 0 radical (unpaired) electrons. The summed E-state index contributed by atoms with van der Waals surface area (Å²) >= 11 is 0. The van der Waals surface area contributed by atoms with Gasteiger partial charge >= 0.3 is 35.6 Å². The van der Waals surface area contributed by atoms with Gasteiger partial charge in [-0.15, -0.1) is 0 Å².